The molecule has 0 atom stereocenters. The largest absolute Gasteiger partial charge is 0.398 e. The number of imidazole rings is 1. The molecule has 0 unspecified atom stereocenters. The Morgan fingerprint density at radius 3 is 2.48 bits per heavy atom. The van der Waals surface area contributed by atoms with E-state index in [0.717, 1.165) is 27.4 Å². The molecule has 0 radical (unpaired) electrons. The maximum atomic E-state index is 6.14. The van der Waals surface area contributed by atoms with Crippen LogP contribution >= 0.6 is 23.2 Å². The van der Waals surface area contributed by atoms with E-state index in [1.807, 2.05) is 30.3 Å². The second-order valence-corrected chi connectivity index (χ2v) is 6.27. The summed E-state index contributed by atoms with van der Waals surface area (Å²) in [5.41, 5.74) is 9.70. The van der Waals surface area contributed by atoms with Crippen molar-refractivity contribution in [3.8, 4) is 11.4 Å². The zero-order valence-electron chi connectivity index (χ0n) is 11.2. The van der Waals surface area contributed by atoms with Gasteiger partial charge < -0.3 is 10.3 Å². The number of fused-ring (bicyclic) bond motifs is 1. The van der Waals surface area contributed by atoms with Crippen molar-refractivity contribution in [1.82, 2.24) is 9.55 Å². The predicted molar refractivity (Wildman–Crippen MR) is 87.9 cm³/mol. The highest BCUT2D eigenvalue weighted by molar-refractivity contribution is 6.31. The Bertz CT molecular complexity index is 850. The van der Waals surface area contributed by atoms with Gasteiger partial charge in [-0.25, -0.2) is 4.98 Å². The van der Waals surface area contributed by atoms with Crippen molar-refractivity contribution in [2.75, 3.05) is 5.73 Å². The second kappa shape index (κ2) is 4.65. The van der Waals surface area contributed by atoms with Gasteiger partial charge in [-0.3, -0.25) is 0 Å². The first kappa shape index (κ1) is 13.0. The molecule has 106 valence electrons. The standard InChI is InChI=1S/C16H13Cl2N3/c17-9-1-5-12(13(19)7-9)16-20-14-6-2-10(18)8-15(14)21(16)11-3-4-11/h1-2,5-8,11H,3-4,19H2. The van der Waals surface area contributed by atoms with E-state index in [0.29, 0.717) is 16.8 Å². The SMILES string of the molecule is Nc1cc(Cl)ccc1-c1nc2ccc(Cl)cc2n1C1CC1. The van der Waals surface area contributed by atoms with Gasteiger partial charge >= 0.3 is 0 Å². The molecule has 0 saturated heterocycles. The van der Waals surface area contributed by atoms with Crippen LogP contribution in [-0.4, -0.2) is 9.55 Å². The number of rotatable bonds is 2. The average Bonchev–Trinajstić information content (AvgIpc) is 3.20. The van der Waals surface area contributed by atoms with Crippen molar-refractivity contribution in [2.24, 2.45) is 0 Å². The van der Waals surface area contributed by atoms with E-state index in [1.165, 1.54) is 12.8 Å². The molecule has 1 fully saturated rings. The fourth-order valence-electron chi connectivity index (χ4n) is 2.70. The Balaban J connectivity index is 2.01. The Morgan fingerprint density at radius 1 is 1.05 bits per heavy atom. The summed E-state index contributed by atoms with van der Waals surface area (Å²) < 4.78 is 2.25. The van der Waals surface area contributed by atoms with E-state index in [4.69, 9.17) is 33.9 Å². The van der Waals surface area contributed by atoms with Gasteiger partial charge in [-0.1, -0.05) is 23.2 Å². The molecule has 21 heavy (non-hydrogen) atoms. The summed E-state index contributed by atoms with van der Waals surface area (Å²) in [5.74, 6) is 0.893. The number of halogens is 2. The van der Waals surface area contributed by atoms with E-state index < -0.39 is 0 Å². The highest BCUT2D eigenvalue weighted by atomic mass is 35.5. The molecule has 0 amide bonds. The number of hydrogen-bond acceptors (Lipinski definition) is 2. The summed E-state index contributed by atoms with van der Waals surface area (Å²) in [6, 6.07) is 11.8. The summed E-state index contributed by atoms with van der Waals surface area (Å²) in [6.07, 6.45) is 2.33. The summed E-state index contributed by atoms with van der Waals surface area (Å²) >= 11 is 12.1. The number of hydrogen-bond donors (Lipinski definition) is 1. The first-order valence-corrected chi connectivity index (χ1v) is 7.62. The van der Waals surface area contributed by atoms with Crippen LogP contribution in [0.3, 0.4) is 0 Å². The maximum Gasteiger partial charge on any atom is 0.143 e. The number of nitrogens with zero attached hydrogens (tertiary/aromatic N) is 2. The molecule has 3 aromatic rings. The molecule has 1 aliphatic rings. The van der Waals surface area contributed by atoms with Gasteiger partial charge in [0.25, 0.3) is 0 Å². The van der Waals surface area contributed by atoms with E-state index in [2.05, 4.69) is 4.57 Å². The van der Waals surface area contributed by atoms with Crippen LogP contribution in [0.5, 0.6) is 0 Å². The lowest BCUT2D eigenvalue weighted by Crippen LogP contribution is -2.00. The molecule has 4 rings (SSSR count). The van der Waals surface area contributed by atoms with Crippen LogP contribution in [0.2, 0.25) is 10.0 Å². The molecule has 5 heteroatoms. The minimum Gasteiger partial charge on any atom is -0.398 e. The van der Waals surface area contributed by atoms with E-state index in [-0.39, 0.29) is 0 Å². The minimum absolute atomic E-state index is 0.485. The van der Waals surface area contributed by atoms with E-state index >= 15 is 0 Å². The first-order chi connectivity index (χ1) is 10.1. The van der Waals surface area contributed by atoms with Crippen LogP contribution in [0.25, 0.3) is 22.4 Å². The van der Waals surface area contributed by atoms with E-state index in [9.17, 15) is 0 Å². The third-order valence-electron chi connectivity index (χ3n) is 3.82. The normalized spacial score (nSPS) is 14.8. The quantitative estimate of drug-likeness (QED) is 0.681. The van der Waals surface area contributed by atoms with Gasteiger partial charge in [0.15, 0.2) is 0 Å². The lowest BCUT2D eigenvalue weighted by molar-refractivity contribution is 0.775. The Kier molecular flexibility index (Phi) is 2.88. The number of anilines is 1. The monoisotopic (exact) mass is 317 g/mol. The van der Waals surface area contributed by atoms with Gasteiger partial charge in [0, 0.05) is 27.3 Å². The summed E-state index contributed by atoms with van der Waals surface area (Å²) in [5, 5.41) is 1.35. The van der Waals surface area contributed by atoms with E-state index in [1.54, 1.807) is 6.07 Å². The van der Waals surface area contributed by atoms with Gasteiger partial charge in [-0.2, -0.15) is 0 Å². The third kappa shape index (κ3) is 2.17. The van der Waals surface area contributed by atoms with Crippen molar-refractivity contribution in [1.29, 1.82) is 0 Å². The fraction of sp³-hybridized carbons (Fsp3) is 0.188. The number of aromatic nitrogens is 2. The summed E-state index contributed by atoms with van der Waals surface area (Å²) in [7, 11) is 0. The van der Waals surface area contributed by atoms with Crippen LogP contribution in [0, 0.1) is 0 Å². The zero-order valence-corrected chi connectivity index (χ0v) is 12.7. The minimum atomic E-state index is 0.485. The first-order valence-electron chi connectivity index (χ1n) is 6.86. The molecule has 1 heterocycles. The lowest BCUT2D eigenvalue weighted by Gasteiger charge is -2.10. The van der Waals surface area contributed by atoms with Crippen LogP contribution in [0.15, 0.2) is 36.4 Å². The van der Waals surface area contributed by atoms with Crippen LogP contribution in [0.1, 0.15) is 18.9 Å². The molecule has 2 aromatic carbocycles. The van der Waals surface area contributed by atoms with Crippen molar-refractivity contribution in [2.45, 2.75) is 18.9 Å². The van der Waals surface area contributed by atoms with Crippen molar-refractivity contribution in [3.05, 3.63) is 46.4 Å². The summed E-state index contributed by atoms with van der Waals surface area (Å²) in [4.78, 5) is 4.76. The van der Waals surface area contributed by atoms with Crippen molar-refractivity contribution < 1.29 is 0 Å². The molecular weight excluding hydrogens is 305 g/mol. The van der Waals surface area contributed by atoms with Crippen LogP contribution in [0.4, 0.5) is 5.69 Å². The van der Waals surface area contributed by atoms with Gasteiger partial charge in [0.1, 0.15) is 5.82 Å². The lowest BCUT2D eigenvalue weighted by atomic mass is 10.1. The molecule has 1 aliphatic carbocycles. The summed E-state index contributed by atoms with van der Waals surface area (Å²) in [6.45, 7) is 0. The smallest absolute Gasteiger partial charge is 0.143 e. The van der Waals surface area contributed by atoms with Crippen molar-refractivity contribution >= 4 is 39.9 Å². The molecule has 2 N–H and O–H groups in total. The van der Waals surface area contributed by atoms with Gasteiger partial charge in [0.05, 0.1) is 11.0 Å². The van der Waals surface area contributed by atoms with Crippen LogP contribution < -0.4 is 5.73 Å². The fourth-order valence-corrected chi connectivity index (χ4v) is 3.04. The zero-order chi connectivity index (χ0) is 14.6. The van der Waals surface area contributed by atoms with Crippen molar-refractivity contribution in [3.63, 3.8) is 0 Å². The topological polar surface area (TPSA) is 43.8 Å². The molecule has 0 aliphatic heterocycles. The number of nitrogen functional groups attached to an aromatic ring is 1. The van der Waals surface area contributed by atoms with Gasteiger partial charge in [0.2, 0.25) is 0 Å². The second-order valence-electron chi connectivity index (χ2n) is 5.40. The molecular formula is C16H13Cl2N3. The molecule has 0 spiro atoms. The molecule has 0 bridgehead atoms. The van der Waals surface area contributed by atoms with Crippen LogP contribution in [-0.2, 0) is 0 Å². The molecule has 3 nitrogen and oxygen atoms in total. The number of nitrogens with two attached hydrogens (primary N) is 1. The average molecular weight is 318 g/mol. The maximum absolute atomic E-state index is 6.14. The number of benzene rings is 2. The highest BCUT2D eigenvalue weighted by Gasteiger charge is 2.29. The highest BCUT2D eigenvalue weighted by Crippen LogP contribution is 2.42. The Morgan fingerprint density at radius 2 is 1.76 bits per heavy atom. The molecule has 1 saturated carbocycles. The Hall–Kier alpha value is -1.71. The Labute approximate surface area is 132 Å². The predicted octanol–water partition coefficient (Wildman–Crippen LogP) is 4.93. The third-order valence-corrected chi connectivity index (χ3v) is 4.29. The molecule has 1 aromatic heterocycles. The van der Waals surface area contributed by atoms with Gasteiger partial charge in [-0.15, -0.1) is 0 Å². The van der Waals surface area contributed by atoms with Gasteiger partial charge in [-0.05, 0) is 49.2 Å².